The average molecular weight is 454 g/mol. The van der Waals surface area contributed by atoms with Crippen molar-refractivity contribution in [1.29, 1.82) is 0 Å². The molecule has 3 rings (SSSR count). The lowest BCUT2D eigenvalue weighted by Gasteiger charge is -2.15. The van der Waals surface area contributed by atoms with E-state index >= 15 is 0 Å². The first-order valence-electron chi connectivity index (χ1n) is 8.91. The smallest absolute Gasteiger partial charge is 0.246 e. The van der Waals surface area contributed by atoms with E-state index in [1.807, 2.05) is 31.2 Å². The van der Waals surface area contributed by atoms with Crippen LogP contribution < -0.4 is 5.69 Å². The van der Waals surface area contributed by atoms with Crippen LogP contribution in [0.3, 0.4) is 0 Å². The fourth-order valence-corrected chi connectivity index (χ4v) is 3.29. The Labute approximate surface area is 168 Å². The zero-order valence-corrected chi connectivity index (χ0v) is 16.8. The predicted octanol–water partition coefficient (Wildman–Crippen LogP) is 5.28. The minimum atomic E-state index is -4.43. The fraction of sp³-hybridized carbons (Fsp3) is 0.300. The molecule has 0 atom stereocenters. The van der Waals surface area contributed by atoms with Gasteiger partial charge in [-0.3, -0.25) is 0 Å². The van der Waals surface area contributed by atoms with Gasteiger partial charge in [0, 0.05) is 10.9 Å². The third-order valence-corrected chi connectivity index (χ3v) is 4.99. The lowest BCUT2D eigenvalue weighted by molar-refractivity contribution is -0.137. The van der Waals surface area contributed by atoms with Crippen molar-refractivity contribution in [2.45, 2.75) is 38.8 Å². The molecule has 0 radical (unpaired) electrons. The van der Waals surface area contributed by atoms with Gasteiger partial charge in [-0.25, -0.2) is 14.5 Å². The summed E-state index contributed by atoms with van der Waals surface area (Å²) < 4.78 is 41.8. The van der Waals surface area contributed by atoms with Crippen LogP contribution in [-0.4, -0.2) is 14.8 Å². The quantitative estimate of drug-likeness (QED) is 0.552. The Bertz CT molecular complexity index is 1010. The number of unbranched alkanes of at least 4 members (excludes halogenated alkanes) is 1. The highest BCUT2D eigenvalue weighted by Crippen LogP contribution is 2.32. The maximum absolute atomic E-state index is 13.2. The summed E-state index contributed by atoms with van der Waals surface area (Å²) in [7, 11) is 0. The van der Waals surface area contributed by atoms with Gasteiger partial charge in [-0.1, -0.05) is 41.4 Å². The fourth-order valence-electron chi connectivity index (χ4n) is 3.03. The van der Waals surface area contributed by atoms with Gasteiger partial charge in [-0.2, -0.15) is 18.3 Å². The number of hydrogen-bond acceptors (Lipinski definition) is 2. The van der Waals surface area contributed by atoms with E-state index in [0.29, 0.717) is 29.9 Å². The van der Waals surface area contributed by atoms with E-state index in [1.165, 1.54) is 10.6 Å². The number of aromatic nitrogens is 3. The number of rotatable bonds is 6. The highest BCUT2D eigenvalue weighted by Gasteiger charge is 2.31. The van der Waals surface area contributed by atoms with Crippen LogP contribution in [0.2, 0.25) is 0 Å². The number of halogens is 4. The second-order valence-electron chi connectivity index (χ2n) is 6.53. The summed E-state index contributed by atoms with van der Waals surface area (Å²) in [6.07, 6.45) is -2.04. The average Bonchev–Trinajstić information content (AvgIpc) is 3.01. The molecular weight excluding hydrogens is 435 g/mol. The SMILES string of the molecule is CCCCc1cc(C(F)(F)F)ccc1-n1c(Cc2ccc(Br)cc2)n[nH]c1=O. The van der Waals surface area contributed by atoms with Gasteiger partial charge >= 0.3 is 11.9 Å². The van der Waals surface area contributed by atoms with Crippen molar-refractivity contribution in [1.82, 2.24) is 14.8 Å². The van der Waals surface area contributed by atoms with E-state index in [-0.39, 0.29) is 0 Å². The Morgan fingerprint density at radius 1 is 1.14 bits per heavy atom. The summed E-state index contributed by atoms with van der Waals surface area (Å²) in [5.74, 6) is 0.449. The Kier molecular flexibility index (Phi) is 6.07. The molecule has 0 fully saturated rings. The van der Waals surface area contributed by atoms with Crippen LogP contribution in [0.15, 0.2) is 51.7 Å². The first-order chi connectivity index (χ1) is 13.3. The molecule has 28 heavy (non-hydrogen) atoms. The van der Waals surface area contributed by atoms with Gasteiger partial charge in [0.15, 0.2) is 0 Å². The molecule has 0 spiro atoms. The van der Waals surface area contributed by atoms with Crippen LogP contribution in [0.5, 0.6) is 0 Å². The van der Waals surface area contributed by atoms with Gasteiger partial charge in [0.25, 0.3) is 0 Å². The molecule has 0 aliphatic heterocycles. The van der Waals surface area contributed by atoms with Crippen LogP contribution in [0.4, 0.5) is 13.2 Å². The van der Waals surface area contributed by atoms with E-state index in [2.05, 4.69) is 26.1 Å². The third-order valence-electron chi connectivity index (χ3n) is 4.46. The second kappa shape index (κ2) is 8.34. The topological polar surface area (TPSA) is 50.7 Å². The number of aromatic amines is 1. The van der Waals surface area contributed by atoms with Crippen LogP contribution >= 0.6 is 15.9 Å². The lowest BCUT2D eigenvalue weighted by Crippen LogP contribution is -2.19. The second-order valence-corrected chi connectivity index (χ2v) is 7.44. The van der Waals surface area contributed by atoms with E-state index in [4.69, 9.17) is 0 Å². The standard InChI is InChI=1S/C20H19BrF3N3O/c1-2-3-4-14-12-15(20(22,23)24)7-10-17(14)27-18(25-26-19(27)28)11-13-5-8-16(21)9-6-13/h5-10,12H,2-4,11H2,1H3,(H,26,28). The molecule has 0 bridgehead atoms. The van der Waals surface area contributed by atoms with E-state index in [0.717, 1.165) is 35.0 Å². The molecule has 1 aromatic heterocycles. The van der Waals surface area contributed by atoms with Crippen molar-refractivity contribution < 1.29 is 13.2 Å². The largest absolute Gasteiger partial charge is 0.416 e. The zero-order chi connectivity index (χ0) is 20.3. The van der Waals surface area contributed by atoms with Gasteiger partial charge < -0.3 is 0 Å². The minimum absolute atomic E-state index is 0.375. The highest BCUT2D eigenvalue weighted by molar-refractivity contribution is 9.10. The number of benzene rings is 2. The van der Waals surface area contributed by atoms with Crippen LogP contribution in [-0.2, 0) is 19.0 Å². The third kappa shape index (κ3) is 4.55. The van der Waals surface area contributed by atoms with Gasteiger partial charge in [0.2, 0.25) is 0 Å². The summed E-state index contributed by atoms with van der Waals surface area (Å²) >= 11 is 3.37. The van der Waals surface area contributed by atoms with Gasteiger partial charge in [-0.15, -0.1) is 0 Å². The van der Waals surface area contributed by atoms with E-state index in [1.54, 1.807) is 0 Å². The number of nitrogens with one attached hydrogen (secondary N) is 1. The van der Waals surface area contributed by atoms with Crippen molar-refractivity contribution in [2.24, 2.45) is 0 Å². The molecule has 0 unspecified atom stereocenters. The summed E-state index contributed by atoms with van der Waals surface area (Å²) in [5.41, 5.74) is 0.674. The molecular formula is C20H19BrF3N3O. The van der Waals surface area contributed by atoms with Crippen LogP contribution in [0.1, 0.15) is 42.3 Å². The normalized spacial score (nSPS) is 11.8. The Balaban J connectivity index is 2.06. The maximum Gasteiger partial charge on any atom is 0.416 e. The highest BCUT2D eigenvalue weighted by atomic mass is 79.9. The van der Waals surface area contributed by atoms with E-state index < -0.39 is 17.4 Å². The van der Waals surface area contributed by atoms with Gasteiger partial charge in [0.05, 0.1) is 11.3 Å². The van der Waals surface area contributed by atoms with Crippen LogP contribution in [0.25, 0.3) is 5.69 Å². The number of hydrogen-bond donors (Lipinski definition) is 1. The molecule has 0 amide bonds. The first kappa shape index (κ1) is 20.4. The summed E-state index contributed by atoms with van der Waals surface area (Å²) in [6.45, 7) is 1.97. The molecule has 0 aliphatic rings. The molecule has 1 N–H and O–H groups in total. The predicted molar refractivity (Wildman–Crippen MR) is 105 cm³/mol. The minimum Gasteiger partial charge on any atom is -0.246 e. The molecule has 0 saturated carbocycles. The van der Waals surface area contributed by atoms with Crippen LogP contribution in [0, 0.1) is 0 Å². The Hall–Kier alpha value is -2.35. The molecule has 0 aliphatic carbocycles. The monoisotopic (exact) mass is 453 g/mol. The van der Waals surface area contributed by atoms with Crippen molar-refractivity contribution in [3.8, 4) is 5.69 Å². The molecule has 148 valence electrons. The zero-order valence-electron chi connectivity index (χ0n) is 15.2. The van der Waals surface area contributed by atoms with Crippen molar-refractivity contribution >= 4 is 15.9 Å². The molecule has 1 heterocycles. The molecule has 0 saturated heterocycles. The summed E-state index contributed by atoms with van der Waals surface area (Å²) in [4.78, 5) is 12.4. The van der Waals surface area contributed by atoms with E-state index in [9.17, 15) is 18.0 Å². The molecule has 4 nitrogen and oxygen atoms in total. The maximum atomic E-state index is 13.2. The lowest BCUT2D eigenvalue weighted by atomic mass is 10.0. The summed E-state index contributed by atoms with van der Waals surface area (Å²) in [6, 6.07) is 11.1. The van der Waals surface area contributed by atoms with Crippen molar-refractivity contribution in [3.63, 3.8) is 0 Å². The molecule has 2 aromatic carbocycles. The molecule has 3 aromatic rings. The Morgan fingerprint density at radius 2 is 1.86 bits per heavy atom. The van der Waals surface area contributed by atoms with Gasteiger partial charge in [-0.05, 0) is 54.3 Å². The number of nitrogens with zero attached hydrogens (tertiary/aromatic N) is 2. The Morgan fingerprint density at radius 3 is 2.50 bits per heavy atom. The van der Waals surface area contributed by atoms with Gasteiger partial charge in [0.1, 0.15) is 5.82 Å². The van der Waals surface area contributed by atoms with Crippen molar-refractivity contribution in [3.05, 3.63) is 79.9 Å². The molecule has 8 heteroatoms. The number of aryl methyl sites for hydroxylation is 1. The number of alkyl halides is 3. The summed E-state index contributed by atoms with van der Waals surface area (Å²) in [5, 5.41) is 6.52. The number of H-pyrrole nitrogens is 1. The van der Waals surface area contributed by atoms with Crippen molar-refractivity contribution in [2.75, 3.05) is 0 Å². The first-order valence-corrected chi connectivity index (χ1v) is 9.70.